The van der Waals surface area contributed by atoms with E-state index in [2.05, 4.69) is 6.92 Å². The predicted molar refractivity (Wildman–Crippen MR) is 62.0 cm³/mol. The van der Waals surface area contributed by atoms with E-state index < -0.39 is 17.9 Å². The van der Waals surface area contributed by atoms with E-state index >= 15 is 0 Å². The summed E-state index contributed by atoms with van der Waals surface area (Å²) in [6, 6.07) is -0.607. The zero-order valence-corrected chi connectivity index (χ0v) is 10.1. The highest BCUT2D eigenvalue weighted by molar-refractivity contribution is 5.77. The zero-order valence-electron chi connectivity index (χ0n) is 10.1. The van der Waals surface area contributed by atoms with Crippen molar-refractivity contribution in [2.75, 3.05) is 13.6 Å². The van der Waals surface area contributed by atoms with Crippen LogP contribution in [-0.4, -0.2) is 41.5 Å². The van der Waals surface area contributed by atoms with Crippen molar-refractivity contribution in [2.24, 2.45) is 5.73 Å². The number of nitrogens with zero attached hydrogens (tertiary/aromatic N) is 1. The molecule has 0 aliphatic heterocycles. The van der Waals surface area contributed by atoms with Gasteiger partial charge in [0.1, 0.15) is 6.04 Å². The van der Waals surface area contributed by atoms with Crippen molar-refractivity contribution in [1.82, 2.24) is 4.90 Å². The first-order valence-corrected chi connectivity index (χ1v) is 5.70. The van der Waals surface area contributed by atoms with E-state index in [0.717, 1.165) is 25.8 Å². The minimum Gasteiger partial charge on any atom is -0.480 e. The van der Waals surface area contributed by atoms with Crippen LogP contribution < -0.4 is 5.73 Å². The number of aliphatic carboxylic acids is 1. The summed E-state index contributed by atoms with van der Waals surface area (Å²) in [5.74, 6) is -1.34. The van der Waals surface area contributed by atoms with Crippen LogP contribution in [0.5, 0.6) is 0 Å². The van der Waals surface area contributed by atoms with Crippen molar-refractivity contribution in [1.29, 1.82) is 0 Å². The van der Waals surface area contributed by atoms with Crippen molar-refractivity contribution in [3.05, 3.63) is 0 Å². The number of carboxylic acid groups (broad SMARTS) is 1. The van der Waals surface area contributed by atoms with Gasteiger partial charge in [0.25, 0.3) is 0 Å². The molecular formula is C11H22N2O3. The summed E-state index contributed by atoms with van der Waals surface area (Å²) in [5.41, 5.74) is 5.01. The molecule has 0 rings (SSSR count). The van der Waals surface area contributed by atoms with Crippen molar-refractivity contribution in [3.8, 4) is 0 Å². The van der Waals surface area contributed by atoms with E-state index in [0.29, 0.717) is 0 Å². The third-order valence-corrected chi connectivity index (χ3v) is 2.60. The maximum Gasteiger partial charge on any atom is 0.320 e. The molecule has 94 valence electrons. The molecule has 3 N–H and O–H groups in total. The summed E-state index contributed by atoms with van der Waals surface area (Å²) in [6.07, 6.45) is 3.58. The second-order valence-electron chi connectivity index (χ2n) is 4.05. The van der Waals surface area contributed by atoms with Crippen LogP contribution in [0.25, 0.3) is 0 Å². The molecule has 1 atom stereocenters. The van der Waals surface area contributed by atoms with Crippen molar-refractivity contribution < 1.29 is 14.7 Å². The summed E-state index contributed by atoms with van der Waals surface area (Å²) < 4.78 is 0. The van der Waals surface area contributed by atoms with Crippen LogP contribution in [0.4, 0.5) is 0 Å². The Kier molecular flexibility index (Phi) is 7.54. The van der Waals surface area contributed by atoms with Crippen LogP contribution in [0.3, 0.4) is 0 Å². The average molecular weight is 230 g/mol. The van der Waals surface area contributed by atoms with Gasteiger partial charge in [-0.15, -0.1) is 0 Å². The Morgan fingerprint density at radius 3 is 2.44 bits per heavy atom. The zero-order chi connectivity index (χ0) is 12.6. The quantitative estimate of drug-likeness (QED) is 0.575. The number of rotatable bonds is 9. The van der Waals surface area contributed by atoms with E-state index in [9.17, 15) is 9.59 Å². The number of hydrogen-bond donors (Lipinski definition) is 2. The summed E-state index contributed by atoms with van der Waals surface area (Å²) in [7, 11) is 1.77. The number of carbonyl (C=O) groups is 2. The van der Waals surface area contributed by atoms with E-state index in [1.54, 1.807) is 11.9 Å². The molecule has 5 nitrogen and oxygen atoms in total. The van der Waals surface area contributed by atoms with Gasteiger partial charge in [-0.3, -0.25) is 14.5 Å². The van der Waals surface area contributed by atoms with Gasteiger partial charge in [0.15, 0.2) is 0 Å². The van der Waals surface area contributed by atoms with Gasteiger partial charge in [0.2, 0.25) is 5.91 Å². The standard InChI is InChI=1S/C11H22N2O3/c1-3-4-5-8-13(2)9(11(15)16)6-7-10(12)14/h9H,3-8H2,1-2H3,(H2,12,14)(H,15,16). The number of unbranched alkanes of at least 4 members (excludes halogenated alkanes) is 2. The number of carbonyl (C=O) groups excluding carboxylic acids is 1. The molecule has 1 amide bonds. The molecule has 0 spiro atoms. The van der Waals surface area contributed by atoms with Crippen molar-refractivity contribution in [3.63, 3.8) is 0 Å². The number of amides is 1. The van der Waals surface area contributed by atoms with Crippen LogP contribution in [0.15, 0.2) is 0 Å². The third kappa shape index (κ3) is 6.40. The summed E-state index contributed by atoms with van der Waals surface area (Å²) in [4.78, 5) is 23.4. The second kappa shape index (κ2) is 8.10. The predicted octanol–water partition coefficient (Wildman–Crippen LogP) is 0.827. The van der Waals surface area contributed by atoms with Gasteiger partial charge in [0.05, 0.1) is 0 Å². The maximum atomic E-state index is 11.0. The van der Waals surface area contributed by atoms with Crippen LogP contribution in [0, 0.1) is 0 Å². The summed E-state index contributed by atoms with van der Waals surface area (Å²) >= 11 is 0. The molecule has 0 heterocycles. The fourth-order valence-corrected chi connectivity index (χ4v) is 1.58. The van der Waals surface area contributed by atoms with E-state index in [-0.39, 0.29) is 12.8 Å². The Hall–Kier alpha value is -1.10. The molecule has 0 aliphatic rings. The Balaban J connectivity index is 4.08. The normalized spacial score (nSPS) is 12.7. The molecule has 0 aliphatic carbocycles. The maximum absolute atomic E-state index is 11.0. The lowest BCUT2D eigenvalue weighted by Gasteiger charge is -2.24. The topological polar surface area (TPSA) is 83.6 Å². The first kappa shape index (κ1) is 14.9. The number of likely N-dealkylation sites (N-methyl/N-ethyl adjacent to an activating group) is 1. The fourth-order valence-electron chi connectivity index (χ4n) is 1.58. The highest BCUT2D eigenvalue weighted by Crippen LogP contribution is 2.07. The monoisotopic (exact) mass is 230 g/mol. The van der Waals surface area contributed by atoms with Gasteiger partial charge in [0, 0.05) is 6.42 Å². The molecule has 16 heavy (non-hydrogen) atoms. The number of carboxylic acids is 1. The Morgan fingerprint density at radius 2 is 2.00 bits per heavy atom. The Labute approximate surface area is 96.6 Å². The molecular weight excluding hydrogens is 208 g/mol. The van der Waals surface area contributed by atoms with Gasteiger partial charge < -0.3 is 10.8 Å². The average Bonchev–Trinajstić information content (AvgIpc) is 2.17. The minimum absolute atomic E-state index is 0.120. The number of hydrogen-bond acceptors (Lipinski definition) is 3. The Bertz CT molecular complexity index is 231. The third-order valence-electron chi connectivity index (χ3n) is 2.60. The lowest BCUT2D eigenvalue weighted by Crippen LogP contribution is -2.39. The summed E-state index contributed by atoms with van der Waals surface area (Å²) in [6.45, 7) is 2.84. The number of nitrogens with two attached hydrogens (primary N) is 1. The highest BCUT2D eigenvalue weighted by atomic mass is 16.4. The van der Waals surface area contributed by atoms with Gasteiger partial charge in [-0.25, -0.2) is 0 Å². The van der Waals surface area contributed by atoms with Gasteiger partial charge in [-0.05, 0) is 26.4 Å². The van der Waals surface area contributed by atoms with Crippen LogP contribution in [-0.2, 0) is 9.59 Å². The van der Waals surface area contributed by atoms with Crippen molar-refractivity contribution >= 4 is 11.9 Å². The lowest BCUT2D eigenvalue weighted by atomic mass is 10.1. The first-order chi connectivity index (χ1) is 7.49. The number of primary amides is 1. The largest absolute Gasteiger partial charge is 0.480 e. The van der Waals surface area contributed by atoms with Crippen LogP contribution in [0.2, 0.25) is 0 Å². The molecule has 0 aromatic heterocycles. The lowest BCUT2D eigenvalue weighted by molar-refractivity contribution is -0.143. The SMILES string of the molecule is CCCCCN(C)C(CCC(N)=O)C(=O)O. The smallest absolute Gasteiger partial charge is 0.320 e. The fraction of sp³-hybridized carbons (Fsp3) is 0.818. The summed E-state index contributed by atoms with van der Waals surface area (Å²) in [5, 5.41) is 9.02. The van der Waals surface area contributed by atoms with Gasteiger partial charge in [-0.2, -0.15) is 0 Å². The molecule has 0 aromatic rings. The van der Waals surface area contributed by atoms with Crippen molar-refractivity contribution in [2.45, 2.75) is 45.1 Å². The van der Waals surface area contributed by atoms with E-state index in [1.807, 2.05) is 0 Å². The molecule has 1 unspecified atom stereocenters. The molecule has 0 aromatic carbocycles. The van der Waals surface area contributed by atoms with E-state index in [1.165, 1.54) is 0 Å². The Morgan fingerprint density at radius 1 is 1.38 bits per heavy atom. The second-order valence-corrected chi connectivity index (χ2v) is 4.05. The molecule has 5 heteroatoms. The molecule has 0 radical (unpaired) electrons. The highest BCUT2D eigenvalue weighted by Gasteiger charge is 2.22. The molecule has 0 saturated heterocycles. The molecule has 0 saturated carbocycles. The first-order valence-electron chi connectivity index (χ1n) is 5.70. The minimum atomic E-state index is -0.889. The van der Waals surface area contributed by atoms with Gasteiger partial charge >= 0.3 is 5.97 Å². The van der Waals surface area contributed by atoms with Crippen LogP contribution >= 0.6 is 0 Å². The van der Waals surface area contributed by atoms with Crippen LogP contribution in [0.1, 0.15) is 39.0 Å². The molecule has 0 fully saturated rings. The van der Waals surface area contributed by atoms with Gasteiger partial charge in [-0.1, -0.05) is 19.8 Å². The van der Waals surface area contributed by atoms with E-state index in [4.69, 9.17) is 10.8 Å². The molecule has 0 bridgehead atoms.